The zero-order valence-corrected chi connectivity index (χ0v) is 12.0. The van der Waals surface area contributed by atoms with E-state index in [9.17, 15) is 0 Å². The average molecular weight is 273 g/mol. The summed E-state index contributed by atoms with van der Waals surface area (Å²) >= 11 is 6.01. The molecule has 1 aliphatic rings. The maximum atomic E-state index is 6.01. The first kappa shape index (κ1) is 12.6. The van der Waals surface area contributed by atoms with E-state index in [4.69, 9.17) is 11.6 Å². The van der Waals surface area contributed by atoms with Crippen molar-refractivity contribution >= 4 is 11.6 Å². The van der Waals surface area contributed by atoms with Crippen molar-refractivity contribution in [2.75, 3.05) is 0 Å². The lowest BCUT2D eigenvalue weighted by molar-refractivity contribution is 0.634. The summed E-state index contributed by atoms with van der Waals surface area (Å²) in [4.78, 5) is 8.76. The standard InChI is InChI=1S/C16H17ClN2/c1-10(2)5-13-6-11-3-4-12-8-19-16(17)7-14(12)15(11)9-18-13/h6-10H,3-5H2,1-2H3. The molecule has 3 heteroatoms. The highest BCUT2D eigenvalue weighted by Crippen LogP contribution is 2.34. The minimum absolute atomic E-state index is 0.554. The van der Waals surface area contributed by atoms with Crippen LogP contribution < -0.4 is 0 Å². The fourth-order valence-corrected chi connectivity index (χ4v) is 2.86. The first-order valence-corrected chi connectivity index (χ1v) is 7.14. The van der Waals surface area contributed by atoms with Gasteiger partial charge in [0, 0.05) is 23.7 Å². The number of aryl methyl sites for hydroxylation is 2. The highest BCUT2D eigenvalue weighted by molar-refractivity contribution is 6.29. The number of aromatic nitrogens is 2. The smallest absolute Gasteiger partial charge is 0.129 e. The lowest BCUT2D eigenvalue weighted by Crippen LogP contribution is -2.07. The van der Waals surface area contributed by atoms with Gasteiger partial charge in [-0.3, -0.25) is 4.98 Å². The molecule has 0 saturated carbocycles. The second-order valence-corrected chi connectivity index (χ2v) is 5.98. The molecule has 0 bridgehead atoms. The van der Waals surface area contributed by atoms with Crippen LogP contribution in [0.25, 0.3) is 11.1 Å². The van der Waals surface area contributed by atoms with Gasteiger partial charge in [-0.2, -0.15) is 0 Å². The topological polar surface area (TPSA) is 25.8 Å². The molecule has 1 aliphatic carbocycles. The summed E-state index contributed by atoms with van der Waals surface area (Å²) in [5.74, 6) is 0.639. The minimum Gasteiger partial charge on any atom is -0.261 e. The summed E-state index contributed by atoms with van der Waals surface area (Å²) in [6.45, 7) is 4.45. The van der Waals surface area contributed by atoms with Crippen LogP contribution in [0.15, 0.2) is 24.5 Å². The lowest BCUT2D eigenvalue weighted by atomic mass is 9.87. The third-order valence-corrected chi connectivity index (χ3v) is 3.78. The van der Waals surface area contributed by atoms with E-state index in [1.54, 1.807) is 0 Å². The molecule has 98 valence electrons. The van der Waals surface area contributed by atoms with Gasteiger partial charge in [0.25, 0.3) is 0 Å². The Kier molecular flexibility index (Phi) is 3.28. The summed E-state index contributed by atoms with van der Waals surface area (Å²) in [5, 5.41) is 0.554. The molecular formula is C16H17ClN2. The largest absolute Gasteiger partial charge is 0.261 e. The zero-order chi connectivity index (χ0) is 13.4. The molecule has 0 amide bonds. The van der Waals surface area contributed by atoms with E-state index in [0.29, 0.717) is 11.1 Å². The van der Waals surface area contributed by atoms with Gasteiger partial charge < -0.3 is 0 Å². The predicted octanol–water partition coefficient (Wildman–Crippen LogP) is 4.09. The quantitative estimate of drug-likeness (QED) is 0.770. The van der Waals surface area contributed by atoms with Crippen LogP contribution in [0.5, 0.6) is 0 Å². The van der Waals surface area contributed by atoms with Gasteiger partial charge in [-0.1, -0.05) is 25.4 Å². The normalized spacial score (nSPS) is 13.3. The zero-order valence-electron chi connectivity index (χ0n) is 11.3. The molecule has 2 nitrogen and oxygen atoms in total. The van der Waals surface area contributed by atoms with E-state index in [1.165, 1.54) is 27.9 Å². The van der Waals surface area contributed by atoms with Gasteiger partial charge in [0.1, 0.15) is 5.15 Å². The van der Waals surface area contributed by atoms with Crippen LogP contribution >= 0.6 is 11.6 Å². The van der Waals surface area contributed by atoms with E-state index >= 15 is 0 Å². The molecule has 0 atom stereocenters. The van der Waals surface area contributed by atoms with Crippen LogP contribution in [0.2, 0.25) is 5.15 Å². The van der Waals surface area contributed by atoms with Crippen LogP contribution in [0.1, 0.15) is 30.7 Å². The second-order valence-electron chi connectivity index (χ2n) is 5.59. The first-order valence-electron chi connectivity index (χ1n) is 6.76. The fourth-order valence-electron chi connectivity index (χ4n) is 2.70. The summed E-state index contributed by atoms with van der Waals surface area (Å²) in [7, 11) is 0. The van der Waals surface area contributed by atoms with E-state index in [0.717, 1.165) is 19.3 Å². The third kappa shape index (κ3) is 2.50. The van der Waals surface area contributed by atoms with Crippen molar-refractivity contribution in [1.82, 2.24) is 9.97 Å². The highest BCUT2D eigenvalue weighted by Gasteiger charge is 2.18. The molecule has 0 radical (unpaired) electrons. The van der Waals surface area contributed by atoms with E-state index in [-0.39, 0.29) is 0 Å². The van der Waals surface area contributed by atoms with Crippen LogP contribution in [0, 0.1) is 5.92 Å². The predicted molar refractivity (Wildman–Crippen MR) is 78.4 cm³/mol. The number of hydrogen-bond acceptors (Lipinski definition) is 2. The maximum Gasteiger partial charge on any atom is 0.129 e. The molecule has 0 aliphatic heterocycles. The summed E-state index contributed by atoms with van der Waals surface area (Å²) in [6.07, 6.45) is 7.04. The molecule has 0 saturated heterocycles. The van der Waals surface area contributed by atoms with E-state index in [1.807, 2.05) is 18.5 Å². The van der Waals surface area contributed by atoms with Gasteiger partial charge in [-0.05, 0) is 54.0 Å². The number of fused-ring (bicyclic) bond motifs is 3. The van der Waals surface area contributed by atoms with Crippen LogP contribution in [0.3, 0.4) is 0 Å². The minimum atomic E-state index is 0.554. The van der Waals surface area contributed by atoms with E-state index < -0.39 is 0 Å². The van der Waals surface area contributed by atoms with Crippen LogP contribution in [-0.2, 0) is 19.3 Å². The van der Waals surface area contributed by atoms with Crippen LogP contribution in [0.4, 0.5) is 0 Å². The van der Waals surface area contributed by atoms with Gasteiger partial charge >= 0.3 is 0 Å². The lowest BCUT2D eigenvalue weighted by Gasteiger charge is -2.20. The van der Waals surface area contributed by atoms with Crippen molar-refractivity contribution in [1.29, 1.82) is 0 Å². The van der Waals surface area contributed by atoms with E-state index in [2.05, 4.69) is 29.9 Å². The average Bonchev–Trinajstić information content (AvgIpc) is 2.37. The van der Waals surface area contributed by atoms with Gasteiger partial charge in [-0.25, -0.2) is 4.98 Å². The van der Waals surface area contributed by atoms with Gasteiger partial charge in [0.05, 0.1) is 0 Å². The van der Waals surface area contributed by atoms with Gasteiger partial charge in [-0.15, -0.1) is 0 Å². The first-order chi connectivity index (χ1) is 9.13. The number of pyridine rings is 2. The number of rotatable bonds is 2. The maximum absolute atomic E-state index is 6.01. The molecule has 0 unspecified atom stereocenters. The monoisotopic (exact) mass is 272 g/mol. The number of nitrogens with zero attached hydrogens (tertiary/aromatic N) is 2. The highest BCUT2D eigenvalue weighted by atomic mass is 35.5. The Labute approximate surface area is 118 Å². The van der Waals surface area contributed by atoms with Crippen molar-refractivity contribution in [3.8, 4) is 11.1 Å². The Hall–Kier alpha value is -1.41. The van der Waals surface area contributed by atoms with Crippen molar-refractivity contribution < 1.29 is 0 Å². The molecular weight excluding hydrogens is 256 g/mol. The second kappa shape index (κ2) is 4.93. The molecule has 0 N–H and O–H groups in total. The van der Waals surface area contributed by atoms with Crippen molar-refractivity contribution in [3.63, 3.8) is 0 Å². The van der Waals surface area contributed by atoms with Gasteiger partial charge in [0.2, 0.25) is 0 Å². The Morgan fingerprint density at radius 2 is 1.84 bits per heavy atom. The number of halogens is 1. The van der Waals surface area contributed by atoms with Crippen molar-refractivity contribution in [2.45, 2.75) is 33.1 Å². The third-order valence-electron chi connectivity index (χ3n) is 3.57. The summed E-state index contributed by atoms with van der Waals surface area (Å²) in [6, 6.07) is 4.21. The SMILES string of the molecule is CC(C)Cc1cc2c(cn1)-c1cc(Cl)ncc1CC2. The van der Waals surface area contributed by atoms with Crippen molar-refractivity contribution in [3.05, 3.63) is 46.5 Å². The Bertz CT molecular complexity index is 620. The molecule has 0 spiro atoms. The molecule has 2 heterocycles. The fraction of sp³-hybridized carbons (Fsp3) is 0.375. The molecule has 2 aromatic rings. The Morgan fingerprint density at radius 1 is 1.05 bits per heavy atom. The molecule has 19 heavy (non-hydrogen) atoms. The van der Waals surface area contributed by atoms with Crippen molar-refractivity contribution in [2.24, 2.45) is 5.92 Å². The molecule has 0 fully saturated rings. The number of hydrogen-bond donors (Lipinski definition) is 0. The molecule has 2 aromatic heterocycles. The molecule has 0 aromatic carbocycles. The Balaban J connectivity index is 2.05. The Morgan fingerprint density at radius 3 is 2.63 bits per heavy atom. The summed E-state index contributed by atoms with van der Waals surface area (Å²) < 4.78 is 0. The van der Waals surface area contributed by atoms with Gasteiger partial charge in [0.15, 0.2) is 0 Å². The molecule has 3 rings (SSSR count). The summed E-state index contributed by atoms with van der Waals surface area (Å²) in [5.41, 5.74) is 6.27. The van der Waals surface area contributed by atoms with Crippen LogP contribution in [-0.4, -0.2) is 9.97 Å².